The number of nitrogens with two attached hydrogens (primary N) is 2. The molecule has 3 aliphatic rings. The molecule has 11 atom stereocenters. The quantitative estimate of drug-likeness (QED) is 0.0411. The molecule has 3 aromatic heterocycles. The van der Waals surface area contributed by atoms with E-state index in [0.29, 0.717) is 29.8 Å². The number of fused-ring (bicyclic) bond motifs is 1. The van der Waals surface area contributed by atoms with Gasteiger partial charge in [-0.25, -0.2) is 33.7 Å². The monoisotopic (exact) mass is 999 g/mol. The van der Waals surface area contributed by atoms with E-state index in [-0.39, 0.29) is 42.2 Å². The van der Waals surface area contributed by atoms with E-state index >= 15 is 0 Å². The zero-order valence-electron chi connectivity index (χ0n) is 35.5. The highest BCUT2D eigenvalue weighted by molar-refractivity contribution is 7.47. The second-order valence-corrected chi connectivity index (χ2v) is 18.6. The van der Waals surface area contributed by atoms with Crippen molar-refractivity contribution >= 4 is 61.9 Å². The number of carbonyl (C=O) groups is 2. The van der Waals surface area contributed by atoms with E-state index < -0.39 is 108 Å². The fourth-order valence-corrected chi connectivity index (χ4v) is 9.03. The van der Waals surface area contributed by atoms with Gasteiger partial charge >= 0.3 is 27.3 Å². The van der Waals surface area contributed by atoms with Crippen LogP contribution < -0.4 is 17.2 Å². The topological polar surface area (TPSA) is 357 Å². The van der Waals surface area contributed by atoms with Crippen LogP contribution in [0.2, 0.25) is 5.02 Å². The number of aliphatic hydroxyl groups is 1. The van der Waals surface area contributed by atoms with Gasteiger partial charge in [0.05, 0.1) is 19.5 Å². The maximum Gasteiger partial charge on any atom is 0.472 e. The zero-order chi connectivity index (χ0) is 48.2. The summed E-state index contributed by atoms with van der Waals surface area (Å²) in [5.74, 6) is -1.59. The first kappa shape index (κ1) is 50.1. The van der Waals surface area contributed by atoms with Crippen LogP contribution in [0.15, 0.2) is 66.6 Å². The van der Waals surface area contributed by atoms with Gasteiger partial charge in [-0.15, -0.1) is 6.58 Å². The van der Waals surface area contributed by atoms with Gasteiger partial charge in [0.15, 0.2) is 36.3 Å². The van der Waals surface area contributed by atoms with Crippen LogP contribution in [0.3, 0.4) is 0 Å². The van der Waals surface area contributed by atoms with Gasteiger partial charge < -0.3 is 59.8 Å². The van der Waals surface area contributed by atoms with E-state index in [4.69, 9.17) is 60.3 Å². The number of aliphatic hydroxyl groups excluding tert-OH is 1. The summed E-state index contributed by atoms with van der Waals surface area (Å²) in [5.41, 5.74) is 11.6. The minimum Gasteiger partial charge on any atom is -0.455 e. The number of nitrogens with zero attached hydrogens (tertiary/aromatic N) is 7. The molecule has 0 radical (unpaired) electrons. The number of halogens is 1. The Hall–Kier alpha value is -4.76. The first-order valence-corrected chi connectivity index (χ1v) is 23.9. The van der Waals surface area contributed by atoms with Gasteiger partial charge in [0.2, 0.25) is 5.91 Å². The van der Waals surface area contributed by atoms with Crippen molar-refractivity contribution in [2.45, 2.75) is 93.5 Å². The molecule has 0 spiro atoms. The number of phosphoric ester groups is 2. The lowest BCUT2D eigenvalue weighted by Gasteiger charge is -2.30. The molecule has 4 aromatic rings. The van der Waals surface area contributed by atoms with E-state index in [0.717, 1.165) is 10.9 Å². The van der Waals surface area contributed by atoms with Crippen LogP contribution in [0, 0.1) is 0 Å². The molecule has 7 rings (SSSR count). The number of imidazole rings is 1. The van der Waals surface area contributed by atoms with Crippen molar-refractivity contribution in [3.63, 3.8) is 0 Å². The second kappa shape index (κ2) is 21.3. The Labute approximate surface area is 385 Å². The maximum atomic E-state index is 14.3. The number of anilines is 2. The van der Waals surface area contributed by atoms with E-state index in [9.17, 15) is 43.3 Å². The lowest BCUT2D eigenvalue weighted by Crippen LogP contribution is -2.48. The molecule has 1 amide bonds. The van der Waals surface area contributed by atoms with Crippen LogP contribution >= 0.6 is 27.2 Å². The number of amides is 1. The van der Waals surface area contributed by atoms with Crippen molar-refractivity contribution in [3.05, 3.63) is 82.9 Å². The molecular formula is C38H48ClN9O17P2. The summed E-state index contributed by atoms with van der Waals surface area (Å²) in [6.45, 7) is 2.02. The number of carbonyl (C=O) groups excluding carboxylic acids is 2. The van der Waals surface area contributed by atoms with Crippen LogP contribution in [-0.4, -0.2) is 141 Å². The van der Waals surface area contributed by atoms with Crippen LogP contribution in [0.5, 0.6) is 0 Å². The van der Waals surface area contributed by atoms with Gasteiger partial charge in [-0.3, -0.25) is 27.5 Å². The van der Waals surface area contributed by atoms with Gasteiger partial charge in [0.1, 0.15) is 54.2 Å². The Bertz CT molecular complexity index is 2560. The van der Waals surface area contributed by atoms with Crippen LogP contribution in [-0.2, 0) is 62.4 Å². The summed E-state index contributed by atoms with van der Waals surface area (Å²) in [7, 11) is -9.22. The van der Waals surface area contributed by atoms with Gasteiger partial charge in [-0.1, -0.05) is 29.8 Å². The molecule has 6 heterocycles. The summed E-state index contributed by atoms with van der Waals surface area (Å²) in [6, 6.07) is 6.48. The van der Waals surface area contributed by atoms with Crippen molar-refractivity contribution in [1.82, 2.24) is 34.0 Å². The molecule has 29 heteroatoms. The largest absolute Gasteiger partial charge is 0.472 e. The number of likely N-dealkylation sites (N-methyl/N-ethyl adjacent to an activating group) is 1. The standard InChI is InChI=1S/C38H48ClN9O17P2/c1-3-4-6-26(49)46(2)22(15-20-8-10-21(39)11-9-20)37(51)64-30-23(61-35(29(30)50)48-19-44-28-33(41)42-18-43-34(28)48)17-60-67(56,57)65-31-24(16-59-66(53,54)55)62-36(32(31)63-27-7-5-14-58-27)47-13-12-25(40)45-38(47)52/h3,8-13,18-19,22-24,27,29-32,35-36,50H,1,4-7,14-17H2,2H3,(H,56,57)(H2,40,45,52)(H2,41,42,43)(H2,53,54,55)/t22?,23-,24+,27?,29+,30+,31+,32+,35+,36+/m0/s1. The Morgan fingerprint density at radius 1 is 1.01 bits per heavy atom. The summed E-state index contributed by atoms with van der Waals surface area (Å²) in [4.78, 5) is 88.3. The molecule has 3 aliphatic heterocycles. The molecule has 8 N–H and O–H groups in total. The molecule has 1 aromatic carbocycles. The number of esters is 1. The molecule has 3 saturated heterocycles. The van der Waals surface area contributed by atoms with E-state index in [1.54, 1.807) is 30.3 Å². The normalized spacial score (nSPS) is 26.6. The Morgan fingerprint density at radius 2 is 1.73 bits per heavy atom. The number of hydrogen-bond acceptors (Lipinski definition) is 20. The molecule has 26 nitrogen and oxygen atoms in total. The first-order valence-electron chi connectivity index (χ1n) is 20.5. The highest BCUT2D eigenvalue weighted by Gasteiger charge is 2.54. The van der Waals surface area contributed by atoms with Gasteiger partial charge in [-0.2, -0.15) is 4.98 Å². The highest BCUT2D eigenvalue weighted by atomic mass is 35.5. The predicted molar refractivity (Wildman–Crippen MR) is 230 cm³/mol. The number of hydrogen-bond donors (Lipinski definition) is 6. The SMILES string of the molecule is C=CCCC(=O)N(C)C(Cc1ccc(Cl)cc1)C(=O)O[C@H]1[C@@H](O)[C@H](n2cnc3c(N)ncnc32)O[C@H]1COP(=O)(O)O[C@H]1[C@@H](OC2CCCO2)[C@H](n2ccc(N)nc2=O)O[C@@H]1COP(=O)(O)O. The minimum absolute atomic E-state index is 0.00592. The van der Waals surface area contributed by atoms with Gasteiger partial charge in [0.25, 0.3) is 0 Å². The van der Waals surface area contributed by atoms with Crippen molar-refractivity contribution < 1.29 is 75.8 Å². The lowest BCUT2D eigenvalue weighted by atomic mass is 10.0. The molecule has 3 fully saturated rings. The number of ether oxygens (including phenoxy) is 5. The van der Waals surface area contributed by atoms with Gasteiger partial charge in [-0.05, 0) is 36.6 Å². The van der Waals surface area contributed by atoms with Crippen molar-refractivity contribution in [2.75, 3.05) is 38.3 Å². The summed E-state index contributed by atoms with van der Waals surface area (Å²) in [5, 5.41) is 12.3. The number of nitrogen functional groups attached to an aromatic ring is 2. The molecule has 0 saturated carbocycles. The fraction of sp³-hybridized carbons (Fsp3) is 0.500. The van der Waals surface area contributed by atoms with E-state index in [2.05, 4.69) is 26.5 Å². The minimum atomic E-state index is -5.43. The van der Waals surface area contributed by atoms with Gasteiger partial charge in [0, 0.05) is 44.1 Å². The fourth-order valence-electron chi connectivity index (χ4n) is 7.61. The highest BCUT2D eigenvalue weighted by Crippen LogP contribution is 2.51. The number of aromatic nitrogens is 6. The van der Waals surface area contributed by atoms with Crippen LogP contribution in [0.25, 0.3) is 11.2 Å². The molecule has 0 bridgehead atoms. The Balaban J connectivity index is 1.18. The summed E-state index contributed by atoms with van der Waals surface area (Å²) < 4.78 is 73.7. The zero-order valence-corrected chi connectivity index (χ0v) is 38.0. The van der Waals surface area contributed by atoms with Crippen molar-refractivity contribution in [2.24, 2.45) is 0 Å². The predicted octanol–water partition coefficient (Wildman–Crippen LogP) is 1.14. The molecule has 3 unspecified atom stereocenters. The first-order chi connectivity index (χ1) is 31.8. The third-order valence-corrected chi connectivity index (χ3v) is 12.7. The smallest absolute Gasteiger partial charge is 0.455 e. The second-order valence-electron chi connectivity index (χ2n) is 15.5. The van der Waals surface area contributed by atoms with E-state index in [1.807, 2.05) is 0 Å². The van der Waals surface area contributed by atoms with Crippen molar-refractivity contribution in [1.29, 1.82) is 0 Å². The third kappa shape index (κ3) is 12.1. The Kier molecular flexibility index (Phi) is 15.9. The number of phosphoric acid groups is 2. The number of rotatable bonds is 20. The average molecular weight is 1000 g/mol. The lowest BCUT2D eigenvalue weighted by molar-refractivity contribution is -0.181. The molecule has 364 valence electrons. The van der Waals surface area contributed by atoms with Crippen LogP contribution in [0.4, 0.5) is 11.6 Å². The molecular weight excluding hydrogens is 952 g/mol. The molecule has 67 heavy (non-hydrogen) atoms. The Morgan fingerprint density at radius 3 is 2.42 bits per heavy atom. The summed E-state index contributed by atoms with van der Waals surface area (Å²) >= 11 is 6.10. The third-order valence-electron chi connectivity index (χ3n) is 10.9. The number of allylic oxidation sites excluding steroid dienone is 1. The number of benzene rings is 1. The van der Waals surface area contributed by atoms with Crippen molar-refractivity contribution in [3.8, 4) is 0 Å². The molecule has 0 aliphatic carbocycles. The van der Waals surface area contributed by atoms with E-state index in [1.165, 1.54) is 35.1 Å². The average Bonchev–Trinajstić information content (AvgIpc) is 4.08. The maximum absolute atomic E-state index is 14.3. The summed E-state index contributed by atoms with van der Waals surface area (Å²) in [6.07, 6.45) is -7.66. The van der Waals surface area contributed by atoms with Crippen LogP contribution in [0.1, 0.15) is 43.7 Å².